The number of nitrogens with zero attached hydrogens (tertiary/aromatic N) is 2. The topological polar surface area (TPSA) is 65.8 Å². The van der Waals surface area contributed by atoms with Gasteiger partial charge in [0.15, 0.2) is 0 Å². The van der Waals surface area contributed by atoms with Gasteiger partial charge in [-0.25, -0.2) is 4.98 Å². The molecule has 80 valence electrons. The van der Waals surface area contributed by atoms with Gasteiger partial charge in [-0.05, 0) is 12.8 Å². The summed E-state index contributed by atoms with van der Waals surface area (Å²) in [5.74, 6) is -0.189. The molecule has 4 nitrogen and oxygen atoms in total. The zero-order chi connectivity index (χ0) is 11.3. The fourth-order valence-corrected chi connectivity index (χ4v) is 2.18. The number of nitriles is 1. The lowest BCUT2D eigenvalue weighted by Gasteiger charge is -1.98. The summed E-state index contributed by atoms with van der Waals surface area (Å²) in [5.41, 5.74) is 0.826. The molecule has 15 heavy (non-hydrogen) atoms. The average Bonchev–Trinajstić information content (AvgIpc) is 2.69. The van der Waals surface area contributed by atoms with Gasteiger partial charge in [0, 0.05) is 0 Å². The Morgan fingerprint density at radius 2 is 2.27 bits per heavy atom. The van der Waals surface area contributed by atoms with Crippen molar-refractivity contribution >= 4 is 17.2 Å². The third-order valence-corrected chi connectivity index (χ3v) is 3.15. The highest BCUT2D eigenvalue weighted by molar-refractivity contribution is 7.13. The van der Waals surface area contributed by atoms with Crippen LogP contribution in [-0.2, 0) is 12.8 Å². The highest BCUT2D eigenvalue weighted by Gasteiger charge is 2.15. The Morgan fingerprint density at radius 1 is 1.53 bits per heavy atom. The van der Waals surface area contributed by atoms with Crippen molar-refractivity contribution in [1.29, 1.82) is 5.26 Å². The summed E-state index contributed by atoms with van der Waals surface area (Å²) >= 11 is 1.41. The summed E-state index contributed by atoms with van der Waals surface area (Å²) < 4.78 is 0. The first-order valence-electron chi connectivity index (χ1n) is 4.86. The number of hydrogen-bond donors (Lipinski definition) is 1. The van der Waals surface area contributed by atoms with Crippen LogP contribution >= 0.6 is 11.3 Å². The van der Waals surface area contributed by atoms with Crippen molar-refractivity contribution in [3.05, 3.63) is 15.6 Å². The molecule has 0 fully saturated rings. The van der Waals surface area contributed by atoms with Crippen molar-refractivity contribution in [1.82, 2.24) is 10.3 Å². The summed E-state index contributed by atoms with van der Waals surface area (Å²) in [6.07, 6.45) is 1.58. The molecule has 1 rings (SSSR count). The van der Waals surface area contributed by atoms with Gasteiger partial charge in [-0.1, -0.05) is 13.8 Å². The predicted molar refractivity (Wildman–Crippen MR) is 58.8 cm³/mol. The van der Waals surface area contributed by atoms with Crippen LogP contribution in [0.5, 0.6) is 0 Å². The normalized spacial score (nSPS) is 9.67. The van der Waals surface area contributed by atoms with Crippen LogP contribution in [-0.4, -0.2) is 17.4 Å². The average molecular weight is 223 g/mol. The van der Waals surface area contributed by atoms with Gasteiger partial charge in [0.2, 0.25) is 0 Å². The van der Waals surface area contributed by atoms with Crippen LogP contribution in [0.3, 0.4) is 0 Å². The minimum Gasteiger partial charge on any atom is -0.338 e. The first-order valence-corrected chi connectivity index (χ1v) is 5.68. The Kier molecular flexibility index (Phi) is 4.25. The van der Waals surface area contributed by atoms with E-state index in [1.54, 1.807) is 0 Å². The van der Waals surface area contributed by atoms with Gasteiger partial charge in [0.1, 0.15) is 11.4 Å². The molecule has 0 atom stereocenters. The Labute approximate surface area is 92.9 Å². The zero-order valence-electron chi connectivity index (χ0n) is 8.83. The zero-order valence-corrected chi connectivity index (χ0v) is 9.65. The summed E-state index contributed by atoms with van der Waals surface area (Å²) in [4.78, 5) is 16.6. The van der Waals surface area contributed by atoms with E-state index in [0.29, 0.717) is 4.88 Å². The summed E-state index contributed by atoms with van der Waals surface area (Å²) in [7, 11) is 0. The maximum atomic E-state index is 11.6. The molecular weight excluding hydrogens is 210 g/mol. The van der Waals surface area contributed by atoms with E-state index in [0.717, 1.165) is 23.5 Å². The van der Waals surface area contributed by atoms with Crippen molar-refractivity contribution < 1.29 is 4.79 Å². The molecule has 1 aromatic heterocycles. The first kappa shape index (κ1) is 11.7. The molecule has 0 aliphatic heterocycles. The van der Waals surface area contributed by atoms with Gasteiger partial charge in [-0.15, -0.1) is 11.3 Å². The van der Waals surface area contributed by atoms with E-state index in [-0.39, 0.29) is 12.5 Å². The molecule has 0 saturated heterocycles. The van der Waals surface area contributed by atoms with E-state index >= 15 is 0 Å². The molecule has 0 aliphatic rings. The van der Waals surface area contributed by atoms with Gasteiger partial charge in [0.05, 0.1) is 16.8 Å². The van der Waals surface area contributed by atoms with Crippen LogP contribution in [0.25, 0.3) is 0 Å². The number of thiazole rings is 1. The Bertz CT molecular complexity index is 392. The minimum absolute atomic E-state index is 0.0430. The lowest BCUT2D eigenvalue weighted by Crippen LogP contribution is -2.23. The van der Waals surface area contributed by atoms with Crippen LogP contribution in [0, 0.1) is 11.3 Å². The van der Waals surface area contributed by atoms with Crippen molar-refractivity contribution in [2.24, 2.45) is 0 Å². The Hall–Kier alpha value is -1.41. The SMILES string of the molecule is CCc1nc(CC)c(C(=O)NCC#N)s1. The van der Waals surface area contributed by atoms with E-state index < -0.39 is 0 Å². The lowest BCUT2D eigenvalue weighted by atomic mass is 10.3. The molecule has 1 heterocycles. The number of carbonyl (C=O) groups excluding carboxylic acids is 1. The van der Waals surface area contributed by atoms with Crippen LogP contribution in [0.1, 0.15) is 34.2 Å². The Balaban J connectivity index is 2.87. The van der Waals surface area contributed by atoms with Crippen LogP contribution in [0.4, 0.5) is 0 Å². The third kappa shape index (κ3) is 2.77. The highest BCUT2D eigenvalue weighted by Crippen LogP contribution is 2.19. The predicted octanol–water partition coefficient (Wildman–Crippen LogP) is 1.52. The molecule has 1 amide bonds. The van der Waals surface area contributed by atoms with E-state index in [1.165, 1.54) is 11.3 Å². The van der Waals surface area contributed by atoms with Crippen LogP contribution in [0.2, 0.25) is 0 Å². The monoisotopic (exact) mass is 223 g/mol. The molecular formula is C10H13N3OS. The van der Waals surface area contributed by atoms with Gasteiger partial charge >= 0.3 is 0 Å². The molecule has 5 heteroatoms. The highest BCUT2D eigenvalue weighted by atomic mass is 32.1. The third-order valence-electron chi connectivity index (χ3n) is 1.91. The van der Waals surface area contributed by atoms with Crippen molar-refractivity contribution in [2.45, 2.75) is 26.7 Å². The smallest absolute Gasteiger partial charge is 0.264 e. The summed E-state index contributed by atoms with van der Waals surface area (Å²) in [6, 6.07) is 1.88. The quantitative estimate of drug-likeness (QED) is 0.787. The fourth-order valence-electron chi connectivity index (χ4n) is 1.17. The summed E-state index contributed by atoms with van der Waals surface area (Å²) in [5, 5.41) is 11.9. The fraction of sp³-hybridized carbons (Fsp3) is 0.500. The number of carbonyl (C=O) groups is 1. The second-order valence-corrected chi connectivity index (χ2v) is 4.01. The number of nitrogens with one attached hydrogen (secondary N) is 1. The molecule has 0 aliphatic carbocycles. The molecule has 0 bridgehead atoms. The first-order chi connectivity index (χ1) is 7.22. The number of hydrogen-bond acceptors (Lipinski definition) is 4. The maximum Gasteiger partial charge on any atom is 0.264 e. The van der Waals surface area contributed by atoms with E-state index in [4.69, 9.17) is 5.26 Å². The molecule has 0 unspecified atom stereocenters. The van der Waals surface area contributed by atoms with Crippen LogP contribution < -0.4 is 5.32 Å². The standard InChI is InChI=1S/C10H13N3OS/c1-3-7-9(10(14)12-6-5-11)15-8(4-2)13-7/h3-4,6H2,1-2H3,(H,12,14). The van der Waals surface area contributed by atoms with Gasteiger partial charge < -0.3 is 5.32 Å². The van der Waals surface area contributed by atoms with Crippen molar-refractivity contribution in [3.8, 4) is 6.07 Å². The summed E-state index contributed by atoms with van der Waals surface area (Å²) in [6.45, 7) is 4.02. The number of aryl methyl sites for hydroxylation is 2. The van der Waals surface area contributed by atoms with E-state index in [2.05, 4.69) is 10.3 Å². The Morgan fingerprint density at radius 3 is 2.80 bits per heavy atom. The molecule has 0 spiro atoms. The molecule has 1 N–H and O–H groups in total. The van der Waals surface area contributed by atoms with E-state index in [9.17, 15) is 4.79 Å². The lowest BCUT2D eigenvalue weighted by molar-refractivity contribution is 0.0961. The molecule has 1 aromatic rings. The largest absolute Gasteiger partial charge is 0.338 e. The number of amides is 1. The molecule has 0 saturated carbocycles. The second kappa shape index (κ2) is 5.47. The minimum atomic E-state index is -0.189. The number of rotatable bonds is 4. The van der Waals surface area contributed by atoms with E-state index in [1.807, 2.05) is 19.9 Å². The van der Waals surface area contributed by atoms with Gasteiger partial charge in [0.25, 0.3) is 5.91 Å². The molecule has 0 radical (unpaired) electrons. The van der Waals surface area contributed by atoms with Gasteiger partial charge in [-0.3, -0.25) is 4.79 Å². The van der Waals surface area contributed by atoms with Crippen LogP contribution in [0.15, 0.2) is 0 Å². The number of aromatic nitrogens is 1. The van der Waals surface area contributed by atoms with Crippen molar-refractivity contribution in [2.75, 3.05) is 6.54 Å². The van der Waals surface area contributed by atoms with Crippen molar-refractivity contribution in [3.63, 3.8) is 0 Å². The van der Waals surface area contributed by atoms with Gasteiger partial charge in [-0.2, -0.15) is 5.26 Å². The maximum absolute atomic E-state index is 11.6. The second-order valence-electron chi connectivity index (χ2n) is 2.93. The molecule has 0 aromatic carbocycles.